The van der Waals surface area contributed by atoms with Gasteiger partial charge >= 0.3 is 0 Å². The predicted octanol–water partition coefficient (Wildman–Crippen LogP) is 2.11. The van der Waals surface area contributed by atoms with Crippen LogP contribution >= 0.6 is 22.4 Å². The van der Waals surface area contributed by atoms with Crippen molar-refractivity contribution in [3.8, 4) is 0 Å². The van der Waals surface area contributed by atoms with Crippen molar-refractivity contribution in [2.45, 2.75) is 6.42 Å². The number of H-pyrrole nitrogens is 1. The summed E-state index contributed by atoms with van der Waals surface area (Å²) in [6.07, 6.45) is 0.389. The molecule has 9 heteroatoms. The van der Waals surface area contributed by atoms with Crippen LogP contribution in [0.4, 0.5) is 4.39 Å². The number of benzene rings is 2. The van der Waals surface area contributed by atoms with Crippen molar-refractivity contribution in [3.05, 3.63) is 75.5 Å². The second-order valence-corrected chi connectivity index (χ2v) is 7.75. The number of piperazine rings is 1. The zero-order chi connectivity index (χ0) is 20.4. The quantitative estimate of drug-likeness (QED) is 0.437. The van der Waals surface area contributed by atoms with E-state index in [1.807, 2.05) is 12.1 Å². The third-order valence-corrected chi connectivity index (χ3v) is 6.20. The van der Waals surface area contributed by atoms with Gasteiger partial charge in [0, 0.05) is 38.0 Å². The Labute approximate surface area is 181 Å². The SMILES string of the molecule is O=C(c1cc(Cc2n[nH]c(=O)c3ccccc23)ccc1F)N1CCN(BI)CC1. The highest BCUT2D eigenvalue weighted by molar-refractivity contribution is 14.1. The van der Waals surface area contributed by atoms with Gasteiger partial charge < -0.3 is 9.71 Å². The Morgan fingerprint density at radius 3 is 2.59 bits per heavy atom. The number of halogens is 2. The number of aromatic amines is 1. The average molecular weight is 504 g/mol. The molecule has 0 spiro atoms. The first-order valence-corrected chi connectivity index (χ1v) is 10.9. The minimum absolute atomic E-state index is 0.0825. The van der Waals surface area contributed by atoms with Crippen molar-refractivity contribution in [2.75, 3.05) is 26.2 Å². The van der Waals surface area contributed by atoms with Crippen LogP contribution in [0.1, 0.15) is 21.6 Å². The minimum atomic E-state index is -0.519. The topological polar surface area (TPSA) is 69.3 Å². The van der Waals surface area contributed by atoms with Gasteiger partial charge in [0.05, 0.1) is 16.6 Å². The molecular formula is C20H19BFIN4O2. The summed E-state index contributed by atoms with van der Waals surface area (Å²) in [4.78, 5) is 28.8. The Morgan fingerprint density at radius 1 is 1.14 bits per heavy atom. The molecule has 0 saturated carbocycles. The molecule has 2 heterocycles. The molecule has 3 aromatic rings. The molecule has 29 heavy (non-hydrogen) atoms. The van der Waals surface area contributed by atoms with Gasteiger partial charge in [0.15, 0.2) is 0 Å². The number of hydrogen-bond acceptors (Lipinski definition) is 4. The van der Waals surface area contributed by atoms with Crippen molar-refractivity contribution in [1.29, 1.82) is 0 Å². The fraction of sp³-hybridized carbons (Fsp3) is 0.250. The molecule has 1 amide bonds. The van der Waals surface area contributed by atoms with Gasteiger partial charge in [0.25, 0.3) is 16.7 Å². The molecule has 148 valence electrons. The van der Waals surface area contributed by atoms with Crippen LogP contribution in [-0.4, -0.2) is 57.3 Å². The highest BCUT2D eigenvalue weighted by atomic mass is 127. The molecule has 1 aliphatic heterocycles. The maximum absolute atomic E-state index is 14.4. The van der Waals surface area contributed by atoms with Gasteiger partial charge in [0.2, 0.25) is 0 Å². The van der Waals surface area contributed by atoms with Crippen LogP contribution < -0.4 is 5.56 Å². The first kappa shape index (κ1) is 20.0. The largest absolute Gasteiger partial charge is 0.336 e. The maximum Gasteiger partial charge on any atom is 0.280 e. The molecule has 1 aliphatic rings. The zero-order valence-corrected chi connectivity index (χ0v) is 17.9. The molecule has 0 unspecified atom stereocenters. The van der Waals surface area contributed by atoms with Gasteiger partial charge in [-0.05, 0) is 23.8 Å². The molecule has 0 atom stereocenters. The molecule has 4 rings (SSSR count). The molecule has 6 nitrogen and oxygen atoms in total. The van der Waals surface area contributed by atoms with Gasteiger partial charge in [-0.2, -0.15) is 5.10 Å². The Hall–Kier alpha value is -2.27. The molecule has 1 N–H and O–H groups in total. The standard InChI is InChI=1S/C20H19BFIN4O2/c22-17-6-5-13(11-16(17)20(29)26-7-9-27(21-23)10-8-26)12-18-14-3-1-2-4-15(14)19(28)25-24-18/h1-6,11,21H,7-10,12H2,(H,25,28). The van der Waals surface area contributed by atoms with Crippen LogP contribution in [0.3, 0.4) is 0 Å². The van der Waals surface area contributed by atoms with Crippen LogP contribution in [0.15, 0.2) is 47.3 Å². The molecule has 2 aromatic carbocycles. The number of amides is 1. The van der Waals surface area contributed by atoms with E-state index in [-0.39, 0.29) is 17.0 Å². The number of carbonyl (C=O) groups excluding carboxylic acids is 1. The van der Waals surface area contributed by atoms with Crippen LogP contribution in [0.2, 0.25) is 0 Å². The molecule has 0 aliphatic carbocycles. The average Bonchev–Trinajstić information content (AvgIpc) is 2.77. The molecule has 1 aromatic heterocycles. The van der Waals surface area contributed by atoms with Crippen LogP contribution in [-0.2, 0) is 6.42 Å². The van der Waals surface area contributed by atoms with Crippen molar-refractivity contribution < 1.29 is 9.18 Å². The van der Waals surface area contributed by atoms with Crippen LogP contribution in [0.25, 0.3) is 10.8 Å². The highest BCUT2D eigenvalue weighted by Crippen LogP contribution is 2.20. The van der Waals surface area contributed by atoms with E-state index >= 15 is 0 Å². The summed E-state index contributed by atoms with van der Waals surface area (Å²) in [6.45, 7) is 2.78. The van der Waals surface area contributed by atoms with Crippen molar-refractivity contribution in [3.63, 3.8) is 0 Å². The lowest BCUT2D eigenvalue weighted by molar-refractivity contribution is 0.0694. The van der Waals surface area contributed by atoms with E-state index in [9.17, 15) is 14.0 Å². The lowest BCUT2D eigenvalue weighted by Crippen LogP contribution is -2.49. The van der Waals surface area contributed by atoms with Crippen molar-refractivity contribution in [2.24, 2.45) is 0 Å². The summed E-state index contributed by atoms with van der Waals surface area (Å²) in [5.41, 5.74) is 1.29. The first-order valence-electron chi connectivity index (χ1n) is 9.39. The van der Waals surface area contributed by atoms with Gasteiger partial charge in [-0.25, -0.2) is 9.49 Å². The summed E-state index contributed by atoms with van der Waals surface area (Å²) in [5, 5.41) is 8.92. The van der Waals surface area contributed by atoms with Gasteiger partial charge in [0.1, 0.15) is 5.82 Å². The molecule has 0 radical (unpaired) electrons. The van der Waals surface area contributed by atoms with Gasteiger partial charge in [-0.3, -0.25) is 9.59 Å². The highest BCUT2D eigenvalue weighted by Gasteiger charge is 2.24. The lowest BCUT2D eigenvalue weighted by Gasteiger charge is -2.33. The number of carbonyl (C=O) groups is 1. The van der Waals surface area contributed by atoms with Crippen LogP contribution in [0.5, 0.6) is 0 Å². The van der Waals surface area contributed by atoms with E-state index in [0.29, 0.717) is 30.6 Å². The Morgan fingerprint density at radius 2 is 1.86 bits per heavy atom. The van der Waals surface area contributed by atoms with E-state index < -0.39 is 5.82 Å². The first-order chi connectivity index (χ1) is 14.1. The summed E-state index contributed by atoms with van der Waals surface area (Å²) in [7, 11) is 0. The summed E-state index contributed by atoms with van der Waals surface area (Å²) < 4.78 is 14.4. The van der Waals surface area contributed by atoms with Crippen LogP contribution in [0, 0.1) is 5.82 Å². The number of rotatable bonds is 4. The van der Waals surface area contributed by atoms with E-state index in [4.69, 9.17) is 0 Å². The summed E-state index contributed by atoms with van der Waals surface area (Å²) >= 11 is 2.31. The molecule has 1 saturated heterocycles. The van der Waals surface area contributed by atoms with E-state index in [2.05, 4.69) is 37.4 Å². The predicted molar refractivity (Wildman–Crippen MR) is 120 cm³/mol. The monoisotopic (exact) mass is 504 g/mol. The zero-order valence-electron chi connectivity index (χ0n) is 15.7. The normalized spacial score (nSPS) is 14.9. The number of nitrogens with zero attached hydrogens (tertiary/aromatic N) is 3. The maximum atomic E-state index is 14.4. The minimum Gasteiger partial charge on any atom is -0.336 e. The van der Waals surface area contributed by atoms with Crippen molar-refractivity contribution in [1.82, 2.24) is 19.9 Å². The number of aromatic nitrogens is 2. The Bertz CT molecular complexity index is 1120. The lowest BCUT2D eigenvalue weighted by atomic mass is 10.0. The number of nitrogens with one attached hydrogen (secondary N) is 1. The second kappa shape index (κ2) is 8.62. The number of hydrogen-bond donors (Lipinski definition) is 1. The number of fused-ring (bicyclic) bond motifs is 1. The van der Waals surface area contributed by atoms with Gasteiger partial charge in [-0.15, -0.1) is 22.4 Å². The van der Waals surface area contributed by atoms with Gasteiger partial charge in [-0.1, -0.05) is 24.3 Å². The Balaban J connectivity index is 1.60. The third-order valence-electron chi connectivity index (χ3n) is 5.24. The molecular weight excluding hydrogens is 485 g/mol. The summed E-state index contributed by atoms with van der Waals surface area (Å²) in [6, 6.07) is 11.8. The second-order valence-electron chi connectivity index (χ2n) is 7.07. The smallest absolute Gasteiger partial charge is 0.280 e. The molecule has 0 bridgehead atoms. The van der Waals surface area contributed by atoms with E-state index in [0.717, 1.165) is 29.3 Å². The molecule has 1 fully saturated rings. The Kier molecular flexibility index (Phi) is 5.95. The van der Waals surface area contributed by atoms with Crippen molar-refractivity contribution >= 4 is 44.3 Å². The van der Waals surface area contributed by atoms with E-state index in [1.54, 1.807) is 29.2 Å². The summed E-state index contributed by atoms with van der Waals surface area (Å²) in [5.74, 6) is -0.800. The fourth-order valence-electron chi connectivity index (χ4n) is 3.59. The van der Waals surface area contributed by atoms with E-state index in [1.165, 1.54) is 6.07 Å². The third kappa shape index (κ3) is 4.20. The fourth-order valence-corrected chi connectivity index (χ4v) is 4.27.